The van der Waals surface area contributed by atoms with E-state index < -0.39 is 0 Å². The van der Waals surface area contributed by atoms with Crippen LogP contribution in [-0.4, -0.2) is 29.1 Å². The van der Waals surface area contributed by atoms with E-state index in [4.69, 9.17) is 4.74 Å². The summed E-state index contributed by atoms with van der Waals surface area (Å²) in [6.07, 6.45) is 3.55. The number of nitrogens with zero attached hydrogens (tertiary/aromatic N) is 2. The van der Waals surface area contributed by atoms with Crippen molar-refractivity contribution in [3.8, 4) is 0 Å². The number of anilines is 1. The third-order valence-corrected chi connectivity index (χ3v) is 3.26. The first-order valence-corrected chi connectivity index (χ1v) is 7.18. The quantitative estimate of drug-likeness (QED) is 0.726. The molecule has 0 saturated heterocycles. The van der Waals surface area contributed by atoms with Gasteiger partial charge in [-0.1, -0.05) is 13.8 Å². The molecule has 1 aromatic heterocycles. The molecule has 1 heterocycles. The van der Waals surface area contributed by atoms with Crippen molar-refractivity contribution in [2.24, 2.45) is 5.92 Å². The summed E-state index contributed by atoms with van der Waals surface area (Å²) in [7, 11) is 0. The second-order valence-corrected chi connectivity index (χ2v) is 5.73. The van der Waals surface area contributed by atoms with Crippen molar-refractivity contribution in [1.29, 1.82) is 0 Å². The van der Waals surface area contributed by atoms with E-state index in [0.29, 0.717) is 11.8 Å². The SMILES string of the molecule is CC(C)COCCCNc1nc(C2CC2)ns1. The van der Waals surface area contributed by atoms with Crippen molar-refractivity contribution in [2.75, 3.05) is 25.1 Å². The number of rotatable bonds is 8. The van der Waals surface area contributed by atoms with Crippen molar-refractivity contribution in [2.45, 2.75) is 39.0 Å². The predicted octanol–water partition coefficient (Wildman–Crippen LogP) is 2.89. The van der Waals surface area contributed by atoms with Crippen LogP contribution in [0.3, 0.4) is 0 Å². The molecule has 1 N–H and O–H groups in total. The molecule has 1 saturated carbocycles. The third-order valence-electron chi connectivity index (χ3n) is 2.58. The molecule has 0 unspecified atom stereocenters. The standard InChI is InChI=1S/C12H21N3OS/c1-9(2)8-16-7-3-6-13-12-14-11(15-17-12)10-4-5-10/h9-10H,3-8H2,1-2H3,(H,13,14,15). The van der Waals surface area contributed by atoms with Gasteiger partial charge in [-0.3, -0.25) is 0 Å². The number of aromatic nitrogens is 2. The summed E-state index contributed by atoms with van der Waals surface area (Å²) in [6.45, 7) is 6.92. The lowest BCUT2D eigenvalue weighted by molar-refractivity contribution is 0.110. The maximum absolute atomic E-state index is 5.51. The number of nitrogens with one attached hydrogen (secondary N) is 1. The summed E-state index contributed by atoms with van der Waals surface area (Å²) < 4.78 is 9.87. The highest BCUT2D eigenvalue weighted by Gasteiger charge is 2.27. The minimum Gasteiger partial charge on any atom is -0.381 e. The van der Waals surface area contributed by atoms with Crippen LogP contribution in [0, 0.1) is 5.92 Å². The van der Waals surface area contributed by atoms with E-state index in [2.05, 4.69) is 28.5 Å². The van der Waals surface area contributed by atoms with E-state index in [1.807, 2.05) is 0 Å². The highest BCUT2D eigenvalue weighted by Crippen LogP contribution is 2.39. The average molecular weight is 255 g/mol. The molecule has 0 bridgehead atoms. The monoisotopic (exact) mass is 255 g/mol. The zero-order chi connectivity index (χ0) is 12.1. The normalized spacial score (nSPS) is 15.5. The van der Waals surface area contributed by atoms with Gasteiger partial charge in [-0.25, -0.2) is 4.98 Å². The first-order chi connectivity index (χ1) is 8.25. The van der Waals surface area contributed by atoms with Crippen LogP contribution in [0.15, 0.2) is 0 Å². The maximum atomic E-state index is 5.51. The molecule has 2 rings (SSSR count). The van der Waals surface area contributed by atoms with E-state index in [1.165, 1.54) is 24.4 Å². The average Bonchev–Trinajstić information content (AvgIpc) is 3.04. The van der Waals surface area contributed by atoms with Gasteiger partial charge in [0.25, 0.3) is 0 Å². The van der Waals surface area contributed by atoms with Crippen molar-refractivity contribution >= 4 is 16.7 Å². The molecule has 5 heteroatoms. The lowest BCUT2D eigenvalue weighted by Gasteiger charge is -2.06. The molecule has 0 radical (unpaired) electrons. The fourth-order valence-corrected chi connectivity index (χ4v) is 2.17. The van der Waals surface area contributed by atoms with E-state index in [-0.39, 0.29) is 0 Å². The van der Waals surface area contributed by atoms with Crippen LogP contribution < -0.4 is 5.32 Å². The first-order valence-electron chi connectivity index (χ1n) is 6.41. The molecule has 4 nitrogen and oxygen atoms in total. The van der Waals surface area contributed by atoms with Gasteiger partial charge in [0, 0.05) is 37.2 Å². The van der Waals surface area contributed by atoms with Gasteiger partial charge >= 0.3 is 0 Å². The van der Waals surface area contributed by atoms with Crippen LogP contribution in [0.1, 0.15) is 44.9 Å². The Kier molecular flexibility index (Phi) is 4.74. The van der Waals surface area contributed by atoms with Crippen LogP contribution in [0.5, 0.6) is 0 Å². The summed E-state index contributed by atoms with van der Waals surface area (Å²) in [4.78, 5) is 4.47. The number of hydrogen-bond donors (Lipinski definition) is 1. The molecule has 0 spiro atoms. The maximum Gasteiger partial charge on any atom is 0.202 e. The molecule has 1 aliphatic carbocycles. The van der Waals surface area contributed by atoms with Gasteiger partial charge in [-0.2, -0.15) is 4.37 Å². The molecule has 17 heavy (non-hydrogen) atoms. The Bertz CT molecular complexity index is 336. The van der Waals surface area contributed by atoms with Crippen LogP contribution in [0.4, 0.5) is 5.13 Å². The number of hydrogen-bond acceptors (Lipinski definition) is 5. The van der Waals surface area contributed by atoms with Crippen LogP contribution in [0.25, 0.3) is 0 Å². The largest absolute Gasteiger partial charge is 0.381 e. The van der Waals surface area contributed by atoms with Crippen molar-refractivity contribution in [3.63, 3.8) is 0 Å². The molecule has 0 aliphatic heterocycles. The Morgan fingerprint density at radius 3 is 3.00 bits per heavy atom. The van der Waals surface area contributed by atoms with Crippen molar-refractivity contribution in [1.82, 2.24) is 9.36 Å². The summed E-state index contributed by atoms with van der Waals surface area (Å²) >= 11 is 1.47. The lowest BCUT2D eigenvalue weighted by Crippen LogP contribution is -2.08. The Morgan fingerprint density at radius 1 is 1.47 bits per heavy atom. The van der Waals surface area contributed by atoms with Crippen molar-refractivity contribution in [3.05, 3.63) is 5.82 Å². The smallest absolute Gasteiger partial charge is 0.202 e. The van der Waals surface area contributed by atoms with E-state index in [0.717, 1.165) is 37.1 Å². The first kappa shape index (κ1) is 12.8. The summed E-state index contributed by atoms with van der Waals surface area (Å²) in [5.41, 5.74) is 0. The molecule has 96 valence electrons. The van der Waals surface area contributed by atoms with Gasteiger partial charge in [-0.15, -0.1) is 0 Å². The minimum absolute atomic E-state index is 0.618. The summed E-state index contributed by atoms with van der Waals surface area (Å²) in [5, 5.41) is 4.26. The van der Waals surface area contributed by atoms with E-state index in [1.54, 1.807) is 0 Å². The van der Waals surface area contributed by atoms with Gasteiger partial charge in [0.05, 0.1) is 0 Å². The molecule has 1 fully saturated rings. The third kappa shape index (κ3) is 4.60. The second-order valence-electron chi connectivity index (χ2n) is 4.98. The fourth-order valence-electron chi connectivity index (χ4n) is 1.50. The van der Waals surface area contributed by atoms with Crippen molar-refractivity contribution < 1.29 is 4.74 Å². The van der Waals surface area contributed by atoms with E-state index in [9.17, 15) is 0 Å². The number of ether oxygens (including phenoxy) is 1. The zero-order valence-corrected chi connectivity index (χ0v) is 11.4. The lowest BCUT2D eigenvalue weighted by atomic mass is 10.2. The van der Waals surface area contributed by atoms with Gasteiger partial charge in [-0.05, 0) is 25.2 Å². The van der Waals surface area contributed by atoms with Crippen LogP contribution in [0.2, 0.25) is 0 Å². The predicted molar refractivity (Wildman–Crippen MR) is 70.6 cm³/mol. The Morgan fingerprint density at radius 2 is 2.29 bits per heavy atom. The van der Waals surface area contributed by atoms with Gasteiger partial charge in [0.2, 0.25) is 5.13 Å². The molecule has 0 atom stereocenters. The minimum atomic E-state index is 0.618. The van der Waals surface area contributed by atoms with Gasteiger partial charge in [0.15, 0.2) is 0 Å². The Hall–Kier alpha value is -0.680. The molecule has 0 aromatic carbocycles. The highest BCUT2D eigenvalue weighted by molar-refractivity contribution is 7.09. The molecule has 0 amide bonds. The molecule has 1 aromatic rings. The van der Waals surface area contributed by atoms with Gasteiger partial charge in [0.1, 0.15) is 5.82 Å². The zero-order valence-electron chi connectivity index (χ0n) is 10.6. The van der Waals surface area contributed by atoms with E-state index >= 15 is 0 Å². The Balaban J connectivity index is 1.55. The fraction of sp³-hybridized carbons (Fsp3) is 0.833. The summed E-state index contributed by atoms with van der Waals surface area (Å²) in [6, 6.07) is 0. The highest BCUT2D eigenvalue weighted by atomic mass is 32.1. The topological polar surface area (TPSA) is 47.0 Å². The Labute approximate surface area is 107 Å². The van der Waals surface area contributed by atoms with Crippen LogP contribution >= 0.6 is 11.5 Å². The van der Waals surface area contributed by atoms with Crippen LogP contribution in [-0.2, 0) is 4.74 Å². The summed E-state index contributed by atoms with van der Waals surface area (Å²) in [5.74, 6) is 2.30. The molecule has 1 aliphatic rings. The molecular formula is C12H21N3OS. The molecular weight excluding hydrogens is 234 g/mol. The second kappa shape index (κ2) is 6.31. The van der Waals surface area contributed by atoms with Gasteiger partial charge < -0.3 is 10.1 Å².